The van der Waals surface area contributed by atoms with E-state index in [2.05, 4.69) is 44.2 Å². The Hall–Kier alpha value is -1.59. The molecular formula is C14H26N6. The van der Waals surface area contributed by atoms with Crippen LogP contribution in [-0.4, -0.2) is 34.3 Å². The second-order valence-electron chi connectivity index (χ2n) is 5.68. The van der Waals surface area contributed by atoms with Crippen molar-refractivity contribution in [1.29, 1.82) is 0 Å². The Bertz CT molecular complexity index is 449. The minimum atomic E-state index is 0.675. The summed E-state index contributed by atoms with van der Waals surface area (Å²) in [6.45, 7) is 7.10. The first kappa shape index (κ1) is 14.8. The maximum atomic E-state index is 4.28. The fourth-order valence-electron chi connectivity index (χ4n) is 2.36. The maximum absolute atomic E-state index is 4.28. The fraction of sp³-hybridized carbons (Fsp3) is 0.786. The average Bonchev–Trinajstić information content (AvgIpc) is 2.85. The number of nitrogens with zero attached hydrogens (tertiary/aromatic N) is 4. The van der Waals surface area contributed by atoms with Crippen LogP contribution in [0.1, 0.15) is 44.8 Å². The second kappa shape index (κ2) is 7.26. The van der Waals surface area contributed by atoms with E-state index in [1.807, 2.05) is 0 Å². The van der Waals surface area contributed by atoms with Gasteiger partial charge in [-0.15, -0.1) is 10.2 Å². The van der Waals surface area contributed by atoms with E-state index in [-0.39, 0.29) is 0 Å². The highest BCUT2D eigenvalue weighted by atomic mass is 15.3. The van der Waals surface area contributed by atoms with Gasteiger partial charge in [0.1, 0.15) is 5.82 Å². The summed E-state index contributed by atoms with van der Waals surface area (Å²) < 4.78 is 2.23. The molecule has 2 rings (SSSR count). The third-order valence-corrected chi connectivity index (χ3v) is 3.59. The molecular weight excluding hydrogens is 252 g/mol. The predicted octanol–water partition coefficient (Wildman–Crippen LogP) is 1.33. The summed E-state index contributed by atoms with van der Waals surface area (Å²) in [5.41, 5.74) is 0. The fourth-order valence-corrected chi connectivity index (χ4v) is 2.36. The van der Waals surface area contributed by atoms with Crippen LogP contribution in [0.5, 0.6) is 0 Å². The molecule has 1 aromatic rings. The molecule has 112 valence electrons. The molecule has 0 amide bonds. The molecule has 0 fully saturated rings. The van der Waals surface area contributed by atoms with Crippen LogP contribution in [0, 0.1) is 5.92 Å². The normalized spacial score (nSPS) is 15.3. The quantitative estimate of drug-likeness (QED) is 0.630. The molecule has 20 heavy (non-hydrogen) atoms. The summed E-state index contributed by atoms with van der Waals surface area (Å²) in [5.74, 6) is 3.66. The van der Waals surface area contributed by atoms with Gasteiger partial charge >= 0.3 is 0 Å². The van der Waals surface area contributed by atoms with E-state index in [1.165, 1.54) is 12.8 Å². The summed E-state index contributed by atoms with van der Waals surface area (Å²) in [6.07, 6.45) is 4.64. The lowest BCUT2D eigenvalue weighted by Gasteiger charge is -2.16. The van der Waals surface area contributed by atoms with Crippen LogP contribution in [-0.2, 0) is 19.5 Å². The predicted molar refractivity (Wildman–Crippen MR) is 80.6 cm³/mol. The van der Waals surface area contributed by atoms with Gasteiger partial charge in [-0.25, -0.2) is 0 Å². The van der Waals surface area contributed by atoms with E-state index < -0.39 is 0 Å². The van der Waals surface area contributed by atoms with Gasteiger partial charge in [-0.05, 0) is 25.2 Å². The summed E-state index contributed by atoms with van der Waals surface area (Å²) in [7, 11) is 1.80. The first-order valence-electron chi connectivity index (χ1n) is 7.56. The highest BCUT2D eigenvalue weighted by Crippen LogP contribution is 2.13. The van der Waals surface area contributed by atoms with Crippen molar-refractivity contribution in [2.75, 3.05) is 13.6 Å². The Balaban J connectivity index is 1.83. The molecule has 1 aliphatic heterocycles. The Labute approximate surface area is 121 Å². The van der Waals surface area contributed by atoms with Crippen molar-refractivity contribution in [3.63, 3.8) is 0 Å². The number of rotatable bonds is 5. The zero-order chi connectivity index (χ0) is 14.4. The molecule has 0 spiro atoms. The largest absolute Gasteiger partial charge is 0.356 e. The smallest absolute Gasteiger partial charge is 0.191 e. The van der Waals surface area contributed by atoms with Crippen molar-refractivity contribution >= 4 is 5.96 Å². The van der Waals surface area contributed by atoms with Gasteiger partial charge in [0, 0.05) is 26.6 Å². The SMILES string of the molecule is CN=C(NCCC(C)C)NCc1nnc2n1CCCC2. The molecule has 0 atom stereocenters. The molecule has 0 saturated heterocycles. The topological polar surface area (TPSA) is 67.1 Å². The summed E-state index contributed by atoms with van der Waals surface area (Å²) in [6, 6.07) is 0. The van der Waals surface area contributed by atoms with Crippen LogP contribution in [0.25, 0.3) is 0 Å². The van der Waals surface area contributed by atoms with Crippen molar-refractivity contribution in [2.24, 2.45) is 10.9 Å². The molecule has 0 bridgehead atoms. The number of hydrogen-bond acceptors (Lipinski definition) is 3. The maximum Gasteiger partial charge on any atom is 0.191 e. The van der Waals surface area contributed by atoms with E-state index in [0.717, 1.165) is 43.5 Å². The summed E-state index contributed by atoms with van der Waals surface area (Å²) in [4.78, 5) is 4.23. The molecule has 2 N–H and O–H groups in total. The van der Waals surface area contributed by atoms with Crippen molar-refractivity contribution < 1.29 is 0 Å². The number of nitrogens with one attached hydrogen (secondary N) is 2. The standard InChI is InChI=1S/C14H26N6/c1-11(2)7-8-16-14(15-3)17-10-13-19-18-12-6-4-5-9-20(12)13/h11H,4-10H2,1-3H3,(H2,15,16,17). The van der Waals surface area contributed by atoms with Gasteiger partial charge in [0.15, 0.2) is 11.8 Å². The molecule has 0 saturated carbocycles. The van der Waals surface area contributed by atoms with E-state index in [1.54, 1.807) is 7.05 Å². The third-order valence-electron chi connectivity index (χ3n) is 3.59. The molecule has 6 nitrogen and oxygen atoms in total. The van der Waals surface area contributed by atoms with Crippen LogP contribution in [0.2, 0.25) is 0 Å². The minimum Gasteiger partial charge on any atom is -0.356 e. The van der Waals surface area contributed by atoms with Gasteiger partial charge in [-0.2, -0.15) is 0 Å². The Morgan fingerprint density at radius 3 is 2.90 bits per heavy atom. The van der Waals surface area contributed by atoms with Gasteiger partial charge in [-0.1, -0.05) is 13.8 Å². The van der Waals surface area contributed by atoms with E-state index in [0.29, 0.717) is 12.5 Å². The molecule has 0 aliphatic carbocycles. The van der Waals surface area contributed by atoms with Gasteiger partial charge in [0.2, 0.25) is 0 Å². The monoisotopic (exact) mass is 278 g/mol. The molecule has 1 aromatic heterocycles. The lowest BCUT2D eigenvalue weighted by molar-refractivity contribution is 0.504. The zero-order valence-corrected chi connectivity index (χ0v) is 12.8. The molecule has 0 unspecified atom stereocenters. The molecule has 0 aromatic carbocycles. The van der Waals surface area contributed by atoms with E-state index in [4.69, 9.17) is 0 Å². The average molecular weight is 278 g/mol. The third kappa shape index (κ3) is 3.95. The highest BCUT2D eigenvalue weighted by molar-refractivity contribution is 5.79. The number of fused-ring (bicyclic) bond motifs is 1. The zero-order valence-electron chi connectivity index (χ0n) is 12.8. The van der Waals surface area contributed by atoms with E-state index in [9.17, 15) is 0 Å². The number of hydrogen-bond donors (Lipinski definition) is 2. The van der Waals surface area contributed by atoms with Crippen molar-refractivity contribution in [2.45, 2.75) is 52.6 Å². The van der Waals surface area contributed by atoms with Crippen LogP contribution < -0.4 is 10.6 Å². The van der Waals surface area contributed by atoms with Crippen LogP contribution in [0.15, 0.2) is 4.99 Å². The number of aryl methyl sites for hydroxylation is 1. The molecule has 2 heterocycles. The highest BCUT2D eigenvalue weighted by Gasteiger charge is 2.15. The van der Waals surface area contributed by atoms with Gasteiger partial charge < -0.3 is 15.2 Å². The van der Waals surface area contributed by atoms with Crippen molar-refractivity contribution in [1.82, 2.24) is 25.4 Å². The van der Waals surface area contributed by atoms with Crippen LogP contribution >= 0.6 is 0 Å². The minimum absolute atomic E-state index is 0.675. The Kier molecular flexibility index (Phi) is 5.38. The lowest BCUT2D eigenvalue weighted by Crippen LogP contribution is -2.38. The van der Waals surface area contributed by atoms with Crippen molar-refractivity contribution in [3.8, 4) is 0 Å². The van der Waals surface area contributed by atoms with Crippen LogP contribution in [0.3, 0.4) is 0 Å². The van der Waals surface area contributed by atoms with Gasteiger partial charge in [0.05, 0.1) is 6.54 Å². The molecule has 1 aliphatic rings. The van der Waals surface area contributed by atoms with Crippen LogP contribution in [0.4, 0.5) is 0 Å². The second-order valence-corrected chi connectivity index (χ2v) is 5.68. The Morgan fingerprint density at radius 2 is 2.15 bits per heavy atom. The van der Waals surface area contributed by atoms with E-state index >= 15 is 0 Å². The van der Waals surface area contributed by atoms with Gasteiger partial charge in [-0.3, -0.25) is 4.99 Å². The first-order valence-corrected chi connectivity index (χ1v) is 7.56. The van der Waals surface area contributed by atoms with Crippen molar-refractivity contribution in [3.05, 3.63) is 11.6 Å². The summed E-state index contributed by atoms with van der Waals surface area (Å²) >= 11 is 0. The Morgan fingerprint density at radius 1 is 1.30 bits per heavy atom. The first-order chi connectivity index (χ1) is 9.70. The van der Waals surface area contributed by atoms with Gasteiger partial charge in [0.25, 0.3) is 0 Å². The summed E-state index contributed by atoms with van der Waals surface area (Å²) in [5, 5.41) is 15.2. The lowest BCUT2D eigenvalue weighted by atomic mass is 10.1. The number of guanidine groups is 1. The molecule has 6 heteroatoms. The number of aliphatic imine (C=N–C) groups is 1. The number of aromatic nitrogens is 3. The molecule has 0 radical (unpaired) electrons.